The van der Waals surface area contributed by atoms with Gasteiger partial charge in [-0.15, -0.1) is 0 Å². The van der Waals surface area contributed by atoms with Crippen LogP contribution in [-0.4, -0.2) is 90.3 Å². The zero-order valence-corrected chi connectivity index (χ0v) is 21.5. The molecule has 0 aliphatic carbocycles. The maximum Gasteiger partial charge on any atom is 0.335 e. The first-order chi connectivity index (χ1) is 17.5. The Morgan fingerprint density at radius 3 is 2.53 bits per heavy atom. The Hall–Kier alpha value is -2.87. The molecule has 3 N–H and O–H groups in total. The van der Waals surface area contributed by atoms with E-state index in [1.54, 1.807) is 12.1 Å². The van der Waals surface area contributed by atoms with Crippen molar-refractivity contribution in [1.82, 2.24) is 20.1 Å². The van der Waals surface area contributed by atoms with Crippen LogP contribution in [0.15, 0.2) is 48.5 Å². The number of hydrogen-bond acceptors (Lipinski definition) is 5. The Balaban J connectivity index is 1.12. The van der Waals surface area contributed by atoms with Gasteiger partial charge in [0.05, 0.1) is 5.56 Å². The van der Waals surface area contributed by atoms with Crippen molar-refractivity contribution in [1.29, 1.82) is 0 Å². The van der Waals surface area contributed by atoms with E-state index in [4.69, 9.17) is 0 Å². The van der Waals surface area contributed by atoms with Crippen LogP contribution >= 0.6 is 0 Å². The number of hydrogen-bond donors (Lipinski definition) is 3. The number of piperazine rings is 1. The molecular formula is C29H39N5O2. The van der Waals surface area contributed by atoms with Gasteiger partial charge in [-0.3, -0.25) is 9.80 Å². The van der Waals surface area contributed by atoms with Crippen LogP contribution in [0.4, 0.5) is 5.69 Å². The molecule has 7 nitrogen and oxygen atoms in total. The van der Waals surface area contributed by atoms with Gasteiger partial charge >= 0.3 is 5.97 Å². The molecule has 3 aromatic rings. The lowest BCUT2D eigenvalue weighted by molar-refractivity contribution is 0.0697. The van der Waals surface area contributed by atoms with Crippen LogP contribution in [0.1, 0.15) is 37.0 Å². The van der Waals surface area contributed by atoms with Gasteiger partial charge in [-0.1, -0.05) is 12.1 Å². The molecule has 2 aliphatic rings. The molecule has 5 rings (SSSR count). The molecule has 0 bridgehead atoms. The summed E-state index contributed by atoms with van der Waals surface area (Å²) >= 11 is 0. The summed E-state index contributed by atoms with van der Waals surface area (Å²) in [6.07, 6.45) is 2.32. The molecule has 7 heteroatoms. The lowest BCUT2D eigenvalue weighted by Gasteiger charge is -2.37. The summed E-state index contributed by atoms with van der Waals surface area (Å²) in [6, 6.07) is 17.2. The molecule has 0 atom stereocenters. The predicted molar refractivity (Wildman–Crippen MR) is 147 cm³/mol. The van der Waals surface area contributed by atoms with Crippen molar-refractivity contribution in [3.05, 3.63) is 54.1 Å². The van der Waals surface area contributed by atoms with Crippen molar-refractivity contribution in [2.75, 3.05) is 57.3 Å². The second-order valence-electron chi connectivity index (χ2n) is 10.5. The molecule has 192 valence electrons. The van der Waals surface area contributed by atoms with Crippen LogP contribution in [-0.2, 0) is 0 Å². The fourth-order valence-electron chi connectivity index (χ4n) is 5.56. The molecule has 0 radical (unpaired) electrons. The van der Waals surface area contributed by atoms with Gasteiger partial charge in [0.2, 0.25) is 0 Å². The Kier molecular flexibility index (Phi) is 7.60. The molecule has 1 aromatic heterocycles. The fraction of sp³-hybridized carbons (Fsp3) is 0.483. The molecule has 0 saturated carbocycles. The summed E-state index contributed by atoms with van der Waals surface area (Å²) in [6.45, 7) is 13.7. The maximum absolute atomic E-state index is 11.3. The first kappa shape index (κ1) is 24.8. The quantitative estimate of drug-likeness (QED) is 0.442. The third-order valence-corrected chi connectivity index (χ3v) is 7.88. The number of aromatic carboxylic acids is 1. The van der Waals surface area contributed by atoms with Gasteiger partial charge < -0.3 is 20.3 Å². The summed E-state index contributed by atoms with van der Waals surface area (Å²) in [4.78, 5) is 22.4. The second-order valence-corrected chi connectivity index (χ2v) is 10.5. The largest absolute Gasteiger partial charge is 0.478 e. The first-order valence-electron chi connectivity index (χ1n) is 13.4. The minimum absolute atomic E-state index is 0.312. The lowest BCUT2D eigenvalue weighted by atomic mass is 10.0. The Morgan fingerprint density at radius 1 is 1.03 bits per heavy atom. The number of nitrogens with zero attached hydrogens (tertiary/aromatic N) is 3. The summed E-state index contributed by atoms with van der Waals surface area (Å²) in [5, 5.41) is 14.0. The third kappa shape index (κ3) is 5.75. The SMILES string of the molecule is CC(C)N1CCN(CCNC2CCN(c3cccc(-c4cc5cc(C(=O)O)ccc5[nH]4)c3)CC2)CC1. The first-order valence-corrected chi connectivity index (χ1v) is 13.4. The molecule has 36 heavy (non-hydrogen) atoms. The van der Waals surface area contributed by atoms with Gasteiger partial charge in [0.15, 0.2) is 0 Å². The average Bonchev–Trinajstić information content (AvgIpc) is 3.33. The van der Waals surface area contributed by atoms with E-state index in [9.17, 15) is 9.90 Å². The maximum atomic E-state index is 11.3. The number of fused-ring (bicyclic) bond motifs is 1. The van der Waals surface area contributed by atoms with E-state index >= 15 is 0 Å². The lowest BCUT2D eigenvalue weighted by Crippen LogP contribution is -2.51. The van der Waals surface area contributed by atoms with E-state index in [-0.39, 0.29) is 0 Å². The predicted octanol–water partition coefficient (Wildman–Crippen LogP) is 4.12. The van der Waals surface area contributed by atoms with E-state index in [2.05, 4.69) is 63.1 Å². The fourth-order valence-corrected chi connectivity index (χ4v) is 5.56. The van der Waals surface area contributed by atoms with Crippen molar-refractivity contribution >= 4 is 22.6 Å². The van der Waals surface area contributed by atoms with Crippen LogP contribution in [0.5, 0.6) is 0 Å². The van der Waals surface area contributed by atoms with Crippen molar-refractivity contribution in [3.63, 3.8) is 0 Å². The molecule has 2 saturated heterocycles. The molecular weight excluding hydrogens is 450 g/mol. The summed E-state index contributed by atoms with van der Waals surface area (Å²) < 4.78 is 0. The second kappa shape index (κ2) is 11.0. The number of rotatable bonds is 8. The molecule has 2 aromatic carbocycles. The van der Waals surface area contributed by atoms with E-state index in [0.29, 0.717) is 17.6 Å². The Bertz CT molecular complexity index is 1170. The van der Waals surface area contributed by atoms with Crippen molar-refractivity contribution in [2.45, 2.75) is 38.8 Å². The minimum Gasteiger partial charge on any atom is -0.478 e. The Labute approximate surface area is 214 Å². The summed E-state index contributed by atoms with van der Waals surface area (Å²) in [7, 11) is 0. The number of piperidine rings is 1. The van der Waals surface area contributed by atoms with Gasteiger partial charge in [-0.25, -0.2) is 4.79 Å². The van der Waals surface area contributed by atoms with Crippen molar-refractivity contribution in [3.8, 4) is 11.3 Å². The van der Waals surface area contributed by atoms with Crippen LogP contribution in [0, 0.1) is 0 Å². The Morgan fingerprint density at radius 2 is 1.81 bits per heavy atom. The smallest absolute Gasteiger partial charge is 0.335 e. The van der Waals surface area contributed by atoms with E-state index in [1.807, 2.05) is 12.1 Å². The standard InChI is InChI=1S/C29H39N5O2/c1-21(2)33-16-14-32(15-17-33)13-10-30-25-8-11-34(12-9-25)26-5-3-4-22(19-26)28-20-24-18-23(29(35)36)6-7-27(24)31-28/h3-7,18-21,25,30-31H,8-17H2,1-2H3,(H,35,36). The van der Waals surface area contributed by atoms with Crippen LogP contribution in [0.2, 0.25) is 0 Å². The summed E-state index contributed by atoms with van der Waals surface area (Å²) in [5.74, 6) is -0.899. The number of carboxylic acids is 1. The zero-order valence-electron chi connectivity index (χ0n) is 21.5. The molecule has 2 aliphatic heterocycles. The van der Waals surface area contributed by atoms with Crippen LogP contribution in [0.3, 0.4) is 0 Å². The summed E-state index contributed by atoms with van der Waals surface area (Å²) in [5.41, 5.74) is 4.65. The van der Waals surface area contributed by atoms with Gasteiger partial charge in [0, 0.05) is 86.7 Å². The number of carboxylic acid groups (broad SMARTS) is 1. The highest BCUT2D eigenvalue weighted by atomic mass is 16.4. The van der Waals surface area contributed by atoms with E-state index in [1.165, 1.54) is 31.9 Å². The third-order valence-electron chi connectivity index (χ3n) is 7.88. The van der Waals surface area contributed by atoms with Crippen molar-refractivity contribution < 1.29 is 9.90 Å². The average molecular weight is 490 g/mol. The molecule has 0 unspecified atom stereocenters. The van der Waals surface area contributed by atoms with Gasteiger partial charge in [-0.2, -0.15) is 0 Å². The van der Waals surface area contributed by atoms with E-state index in [0.717, 1.165) is 61.2 Å². The molecule has 3 heterocycles. The molecule has 2 fully saturated rings. The normalized spacial score (nSPS) is 18.4. The highest BCUT2D eigenvalue weighted by Crippen LogP contribution is 2.29. The van der Waals surface area contributed by atoms with Gasteiger partial charge in [-0.05, 0) is 68.7 Å². The highest BCUT2D eigenvalue weighted by Gasteiger charge is 2.21. The molecule has 0 spiro atoms. The number of benzene rings is 2. The monoisotopic (exact) mass is 489 g/mol. The number of nitrogens with one attached hydrogen (secondary N) is 2. The van der Waals surface area contributed by atoms with Crippen LogP contribution < -0.4 is 10.2 Å². The van der Waals surface area contributed by atoms with Gasteiger partial charge in [0.1, 0.15) is 0 Å². The van der Waals surface area contributed by atoms with Crippen molar-refractivity contribution in [2.24, 2.45) is 0 Å². The number of H-pyrrole nitrogens is 1. The number of aromatic amines is 1. The molecule has 0 amide bonds. The minimum atomic E-state index is -0.899. The number of anilines is 1. The van der Waals surface area contributed by atoms with Crippen LogP contribution in [0.25, 0.3) is 22.2 Å². The zero-order chi connectivity index (χ0) is 25.1. The number of carbonyl (C=O) groups is 1. The van der Waals surface area contributed by atoms with E-state index < -0.39 is 5.97 Å². The topological polar surface area (TPSA) is 74.8 Å². The number of aromatic nitrogens is 1. The van der Waals surface area contributed by atoms with Gasteiger partial charge in [0.25, 0.3) is 0 Å². The highest BCUT2D eigenvalue weighted by molar-refractivity contribution is 5.95.